The van der Waals surface area contributed by atoms with Crippen molar-refractivity contribution in [2.24, 2.45) is 17.3 Å². The number of halogens is 1. The van der Waals surface area contributed by atoms with Crippen molar-refractivity contribution in [3.05, 3.63) is 45.5 Å². The Bertz CT molecular complexity index is 1030. The number of carboxylic acids is 1. The zero-order chi connectivity index (χ0) is 26.3. The number of aliphatic carboxylic acids is 1. The van der Waals surface area contributed by atoms with Gasteiger partial charge in [-0.2, -0.15) is 4.89 Å². The van der Waals surface area contributed by atoms with E-state index in [-0.39, 0.29) is 70.6 Å². The van der Waals surface area contributed by atoms with Gasteiger partial charge in [0.25, 0.3) is 0 Å². The van der Waals surface area contributed by atoms with E-state index >= 15 is 0 Å². The van der Waals surface area contributed by atoms with Crippen molar-refractivity contribution < 1.29 is 34.4 Å². The summed E-state index contributed by atoms with van der Waals surface area (Å²) in [6.07, 6.45) is 8.32. The van der Waals surface area contributed by atoms with Gasteiger partial charge in [0, 0.05) is 24.3 Å². The number of phenolic OH excluding ortho intramolecular Hbond substituents is 1. The summed E-state index contributed by atoms with van der Waals surface area (Å²) in [5, 5.41) is 19.6. The molecule has 0 spiro atoms. The molecular weight excluding hydrogens is 472 g/mol. The number of carbonyl (C=O) groups is 3. The third-order valence-corrected chi connectivity index (χ3v) is 7.72. The van der Waals surface area contributed by atoms with Crippen LogP contribution in [0.5, 0.6) is 11.5 Å². The molecule has 35 heavy (non-hydrogen) atoms. The monoisotopic (exact) mass is 506 g/mol. The van der Waals surface area contributed by atoms with Crippen molar-refractivity contribution in [1.82, 2.24) is 0 Å². The minimum atomic E-state index is -0.944. The molecule has 0 heterocycles. The first-order valence-corrected chi connectivity index (χ1v) is 12.2. The molecule has 0 radical (unpaired) electrons. The first kappa shape index (κ1) is 28.6. The molecule has 7 nitrogen and oxygen atoms in total. The topological polar surface area (TPSA) is 110 Å². The molecule has 1 aliphatic carbocycles. The lowest BCUT2D eigenvalue weighted by atomic mass is 9.61. The maximum Gasteiger partial charge on any atom is 0.303 e. The third kappa shape index (κ3) is 6.73. The summed E-state index contributed by atoms with van der Waals surface area (Å²) in [7, 11) is 0. The minimum Gasteiger partial charge on any atom is -0.507 e. The Morgan fingerprint density at radius 1 is 1.31 bits per heavy atom. The molecule has 0 amide bonds. The Hall–Kier alpha value is -2.64. The van der Waals surface area contributed by atoms with Gasteiger partial charge in [-0.15, -0.1) is 0 Å². The predicted octanol–water partition coefficient (Wildman–Crippen LogP) is 6.03. The van der Waals surface area contributed by atoms with Crippen molar-refractivity contribution >= 4 is 29.6 Å². The Morgan fingerprint density at radius 3 is 2.63 bits per heavy atom. The molecule has 1 saturated carbocycles. The van der Waals surface area contributed by atoms with Crippen LogP contribution < -0.4 is 4.89 Å². The number of hydrogen-bond donors (Lipinski definition) is 2. The number of hydrogen-bond acceptors (Lipinski definition) is 6. The summed E-state index contributed by atoms with van der Waals surface area (Å²) in [5.41, 5.74) is 1.36. The van der Waals surface area contributed by atoms with Gasteiger partial charge >= 0.3 is 5.97 Å². The van der Waals surface area contributed by atoms with E-state index < -0.39 is 5.97 Å². The van der Waals surface area contributed by atoms with Gasteiger partial charge in [0.15, 0.2) is 12.0 Å². The highest BCUT2D eigenvalue weighted by molar-refractivity contribution is 6.33. The number of phenols is 1. The second-order valence-electron chi connectivity index (χ2n) is 9.51. The summed E-state index contributed by atoms with van der Waals surface area (Å²) >= 11 is 6.42. The van der Waals surface area contributed by atoms with Crippen LogP contribution in [0.1, 0.15) is 74.9 Å². The molecule has 0 bridgehead atoms. The molecule has 3 atom stereocenters. The number of rotatable bonds is 11. The largest absolute Gasteiger partial charge is 0.507 e. The van der Waals surface area contributed by atoms with E-state index in [2.05, 4.69) is 19.9 Å². The normalized spacial score (nSPS) is 23.0. The van der Waals surface area contributed by atoms with Gasteiger partial charge in [0.05, 0.1) is 17.2 Å². The van der Waals surface area contributed by atoms with Gasteiger partial charge < -0.3 is 15.1 Å². The van der Waals surface area contributed by atoms with Crippen molar-refractivity contribution in [2.45, 2.75) is 66.7 Å². The minimum absolute atomic E-state index is 0.0165. The Morgan fingerprint density at radius 2 is 2.00 bits per heavy atom. The number of benzene rings is 1. The number of Topliss-reactive ketones (excluding diaryl/α,β-unsaturated/α-hetero) is 1. The first-order chi connectivity index (χ1) is 16.4. The number of carbonyl (C=O) groups excluding carboxylic acids is 2. The van der Waals surface area contributed by atoms with Crippen LogP contribution in [0.2, 0.25) is 5.02 Å². The fourth-order valence-electron chi connectivity index (χ4n) is 4.28. The molecule has 1 aromatic carbocycles. The lowest BCUT2D eigenvalue weighted by Crippen LogP contribution is -2.40. The van der Waals surface area contributed by atoms with E-state index in [4.69, 9.17) is 26.5 Å². The summed E-state index contributed by atoms with van der Waals surface area (Å²) in [6.45, 7) is 9.78. The van der Waals surface area contributed by atoms with Crippen LogP contribution in [0, 0.1) is 24.2 Å². The smallest absolute Gasteiger partial charge is 0.303 e. The highest BCUT2D eigenvalue weighted by atomic mass is 35.5. The highest BCUT2D eigenvalue weighted by Gasteiger charge is 2.41. The van der Waals surface area contributed by atoms with Crippen molar-refractivity contribution in [3.63, 3.8) is 0 Å². The summed E-state index contributed by atoms with van der Waals surface area (Å²) in [4.78, 5) is 45.0. The number of aldehydes is 1. The van der Waals surface area contributed by atoms with Crippen LogP contribution >= 0.6 is 11.6 Å². The molecule has 0 aromatic heterocycles. The van der Waals surface area contributed by atoms with Crippen molar-refractivity contribution in [3.8, 4) is 11.5 Å². The second-order valence-corrected chi connectivity index (χ2v) is 9.89. The van der Waals surface area contributed by atoms with Crippen molar-refractivity contribution in [2.75, 3.05) is 6.61 Å². The summed E-state index contributed by atoms with van der Waals surface area (Å²) < 4.78 is 0. The molecule has 192 valence electrons. The second kappa shape index (κ2) is 12.4. The SMILES string of the molecule is CC(/C=C/C1(C)C(C)CCC(=O)C1C)=C\Cc1c(O)c(C=O)c(C)c(Cl)c1OOCCCC(=O)O. The van der Waals surface area contributed by atoms with Crippen LogP contribution in [0.25, 0.3) is 0 Å². The van der Waals surface area contributed by atoms with Crippen molar-refractivity contribution in [1.29, 1.82) is 0 Å². The Kier molecular flexibility index (Phi) is 10.1. The van der Waals surface area contributed by atoms with E-state index in [1.54, 1.807) is 6.92 Å². The average Bonchev–Trinajstić information content (AvgIpc) is 2.81. The molecule has 1 aromatic rings. The van der Waals surface area contributed by atoms with Gasteiger partial charge in [0.2, 0.25) is 0 Å². The van der Waals surface area contributed by atoms with E-state index in [1.165, 1.54) is 0 Å². The molecule has 8 heteroatoms. The standard InChI is InChI=1S/C27H35ClO7/c1-16(12-13-27(5)17(2)9-11-22(30)19(27)4)8-10-20-25(33)21(15-29)18(3)24(28)26(20)35-34-14-6-7-23(31)32/h8,12-13,15,17,19,33H,6-7,9-11,14H2,1-5H3,(H,31,32)/b13-12+,16-8+. The molecule has 0 aliphatic heterocycles. The van der Waals surface area contributed by atoms with Crippen LogP contribution in [0.3, 0.4) is 0 Å². The van der Waals surface area contributed by atoms with Gasteiger partial charge in [-0.05, 0) is 50.0 Å². The van der Waals surface area contributed by atoms with E-state index in [9.17, 15) is 19.5 Å². The maximum atomic E-state index is 12.3. The average molecular weight is 507 g/mol. The van der Waals surface area contributed by atoms with Gasteiger partial charge in [-0.25, -0.2) is 0 Å². The maximum absolute atomic E-state index is 12.3. The number of allylic oxidation sites excluding steroid dienone is 4. The zero-order valence-electron chi connectivity index (χ0n) is 21.0. The van der Waals surface area contributed by atoms with E-state index in [1.807, 2.05) is 26.0 Å². The first-order valence-electron chi connectivity index (χ1n) is 11.8. The fourth-order valence-corrected chi connectivity index (χ4v) is 4.53. The summed E-state index contributed by atoms with van der Waals surface area (Å²) in [5.74, 6) is -0.521. The number of ketones is 1. The Balaban J connectivity index is 2.28. The lowest BCUT2D eigenvalue weighted by Gasteiger charge is -2.42. The number of carboxylic acid groups (broad SMARTS) is 1. The van der Waals surface area contributed by atoms with Crippen LogP contribution in [-0.2, 0) is 20.9 Å². The Labute approximate surface area is 211 Å². The third-order valence-electron chi connectivity index (χ3n) is 7.26. The molecular formula is C27H35ClO7. The molecule has 1 fully saturated rings. The quantitative estimate of drug-likeness (QED) is 0.124. The van der Waals surface area contributed by atoms with E-state index in [0.29, 0.717) is 24.2 Å². The van der Waals surface area contributed by atoms with Crippen LogP contribution in [0.15, 0.2) is 23.8 Å². The molecule has 1 aliphatic rings. The van der Waals surface area contributed by atoms with Crippen LogP contribution in [0.4, 0.5) is 0 Å². The molecule has 2 rings (SSSR count). The molecule has 0 saturated heterocycles. The van der Waals surface area contributed by atoms with Gasteiger partial charge in [0.1, 0.15) is 11.5 Å². The zero-order valence-corrected chi connectivity index (χ0v) is 21.8. The molecule has 3 unspecified atom stereocenters. The summed E-state index contributed by atoms with van der Waals surface area (Å²) in [6, 6.07) is 0. The van der Waals surface area contributed by atoms with Crippen LogP contribution in [-0.4, -0.2) is 34.9 Å². The van der Waals surface area contributed by atoms with Gasteiger partial charge in [-0.3, -0.25) is 14.4 Å². The van der Waals surface area contributed by atoms with E-state index in [0.717, 1.165) is 12.0 Å². The van der Waals surface area contributed by atoms with Gasteiger partial charge in [-0.1, -0.05) is 56.2 Å². The lowest BCUT2D eigenvalue weighted by molar-refractivity contribution is -0.208. The highest BCUT2D eigenvalue weighted by Crippen LogP contribution is 2.45. The predicted molar refractivity (Wildman–Crippen MR) is 134 cm³/mol. The number of aromatic hydroxyl groups is 1. The molecule has 2 N–H and O–H groups in total. The fraction of sp³-hybridized carbons (Fsp3) is 0.519.